The van der Waals surface area contributed by atoms with Crippen LogP contribution in [-0.2, 0) is 0 Å². The molecule has 0 spiro atoms. The van der Waals surface area contributed by atoms with E-state index in [9.17, 15) is 0 Å². The number of aliphatic imine (C=N–C) groups is 1. The molecule has 1 aromatic heterocycles. The van der Waals surface area contributed by atoms with Gasteiger partial charge in [-0.2, -0.15) is 0 Å². The molecule has 0 saturated carbocycles. The van der Waals surface area contributed by atoms with Crippen molar-refractivity contribution in [2.75, 3.05) is 11.1 Å². The minimum atomic E-state index is 0.472. The van der Waals surface area contributed by atoms with E-state index >= 15 is 0 Å². The summed E-state index contributed by atoms with van der Waals surface area (Å²) in [6.07, 6.45) is 2.93. The molecule has 1 atom stereocenters. The van der Waals surface area contributed by atoms with E-state index in [4.69, 9.17) is 0 Å². The smallest absolute Gasteiger partial charge is 0.161 e. The molecule has 0 bridgehead atoms. The second-order valence-corrected chi connectivity index (χ2v) is 5.35. The Balaban J connectivity index is 1.83. The lowest BCUT2D eigenvalue weighted by Crippen LogP contribution is -2.05. The van der Waals surface area contributed by atoms with Crippen LogP contribution in [0.2, 0.25) is 0 Å². The minimum Gasteiger partial charge on any atom is -0.335 e. The normalized spacial score (nSPS) is 18.9. The predicted molar refractivity (Wildman–Crippen MR) is 79.3 cm³/mol. The monoisotopic (exact) mass is 257 g/mol. The molecule has 1 N–H and O–H groups in total. The molecule has 0 amide bonds. The van der Waals surface area contributed by atoms with Gasteiger partial charge >= 0.3 is 0 Å². The van der Waals surface area contributed by atoms with Crippen LogP contribution in [0.3, 0.4) is 0 Å². The maximum Gasteiger partial charge on any atom is 0.161 e. The van der Waals surface area contributed by atoms with Gasteiger partial charge in [0.2, 0.25) is 0 Å². The summed E-state index contributed by atoms with van der Waals surface area (Å²) < 4.78 is 0. The number of aromatic nitrogens is 1. The minimum absolute atomic E-state index is 0.472. The predicted octanol–water partition coefficient (Wildman–Crippen LogP) is 3.53. The third-order valence-corrected chi connectivity index (χ3v) is 4.07. The Morgan fingerprint density at radius 2 is 2.33 bits per heavy atom. The van der Waals surface area contributed by atoms with Crippen LogP contribution in [0.4, 0.5) is 5.69 Å². The number of thioether (sulfide) groups is 1. The van der Waals surface area contributed by atoms with Gasteiger partial charge in [0, 0.05) is 23.0 Å². The van der Waals surface area contributed by atoms with Crippen LogP contribution in [0.15, 0.2) is 41.5 Å². The summed E-state index contributed by atoms with van der Waals surface area (Å²) >= 11 is 1.80. The van der Waals surface area contributed by atoms with Crippen molar-refractivity contribution in [3.05, 3.63) is 36.5 Å². The van der Waals surface area contributed by atoms with Gasteiger partial charge in [0.15, 0.2) is 5.17 Å². The zero-order chi connectivity index (χ0) is 12.4. The summed E-state index contributed by atoms with van der Waals surface area (Å²) in [5, 5.41) is 5.57. The van der Waals surface area contributed by atoms with E-state index in [2.05, 4.69) is 40.4 Å². The van der Waals surface area contributed by atoms with Crippen molar-refractivity contribution in [2.45, 2.75) is 19.4 Å². The molecule has 3 nitrogen and oxygen atoms in total. The van der Waals surface area contributed by atoms with Gasteiger partial charge in [-0.05, 0) is 30.7 Å². The van der Waals surface area contributed by atoms with E-state index in [0.29, 0.717) is 6.04 Å². The van der Waals surface area contributed by atoms with Gasteiger partial charge in [0.05, 0.1) is 11.6 Å². The number of hydrogen-bond acceptors (Lipinski definition) is 4. The van der Waals surface area contributed by atoms with E-state index in [0.717, 1.165) is 33.9 Å². The van der Waals surface area contributed by atoms with Gasteiger partial charge in [-0.3, -0.25) is 9.98 Å². The Hall–Kier alpha value is -1.55. The Morgan fingerprint density at radius 3 is 3.17 bits per heavy atom. The summed E-state index contributed by atoms with van der Waals surface area (Å²) in [7, 11) is 0. The highest BCUT2D eigenvalue weighted by atomic mass is 32.2. The molecule has 1 aromatic carbocycles. The Bertz CT molecular complexity index is 594. The first-order chi connectivity index (χ1) is 8.85. The number of benzene rings is 1. The third-order valence-electron chi connectivity index (χ3n) is 3.04. The van der Waals surface area contributed by atoms with E-state index < -0.39 is 0 Å². The summed E-state index contributed by atoms with van der Waals surface area (Å²) in [4.78, 5) is 8.95. The zero-order valence-electron chi connectivity index (χ0n) is 10.3. The second kappa shape index (κ2) is 4.98. The number of amidine groups is 1. The molecule has 2 aromatic rings. The topological polar surface area (TPSA) is 37.3 Å². The van der Waals surface area contributed by atoms with Crippen molar-refractivity contribution in [3.63, 3.8) is 0 Å². The van der Waals surface area contributed by atoms with Gasteiger partial charge in [0.25, 0.3) is 0 Å². The molecule has 2 heterocycles. The number of rotatable bonds is 2. The molecular weight excluding hydrogens is 242 g/mol. The van der Waals surface area contributed by atoms with E-state index in [1.165, 1.54) is 0 Å². The lowest BCUT2D eigenvalue weighted by Gasteiger charge is -2.05. The molecule has 0 saturated heterocycles. The number of pyridine rings is 1. The quantitative estimate of drug-likeness (QED) is 0.894. The van der Waals surface area contributed by atoms with Crippen molar-refractivity contribution in [1.82, 2.24) is 4.98 Å². The summed E-state index contributed by atoms with van der Waals surface area (Å²) in [6, 6.07) is 10.7. The fourth-order valence-corrected chi connectivity index (χ4v) is 3.04. The highest BCUT2D eigenvalue weighted by Gasteiger charge is 2.16. The average molecular weight is 257 g/mol. The Labute approximate surface area is 111 Å². The van der Waals surface area contributed by atoms with Gasteiger partial charge in [0.1, 0.15) is 0 Å². The van der Waals surface area contributed by atoms with E-state index in [1.54, 1.807) is 11.8 Å². The van der Waals surface area contributed by atoms with Crippen molar-refractivity contribution in [1.29, 1.82) is 0 Å². The third kappa shape index (κ3) is 2.34. The lowest BCUT2D eigenvalue weighted by atomic mass is 10.2. The van der Waals surface area contributed by atoms with Gasteiger partial charge < -0.3 is 5.32 Å². The molecule has 0 radical (unpaired) electrons. The molecule has 92 valence electrons. The maximum atomic E-state index is 4.63. The summed E-state index contributed by atoms with van der Waals surface area (Å²) in [6.45, 7) is 2.18. The molecule has 3 rings (SSSR count). The second-order valence-electron chi connectivity index (χ2n) is 4.34. The average Bonchev–Trinajstić information content (AvgIpc) is 2.86. The molecule has 0 fully saturated rings. The molecule has 1 aliphatic heterocycles. The highest BCUT2D eigenvalue weighted by molar-refractivity contribution is 8.14. The highest BCUT2D eigenvalue weighted by Crippen LogP contribution is 2.23. The molecular formula is C14H15N3S. The van der Waals surface area contributed by atoms with E-state index in [1.807, 2.05) is 18.3 Å². The van der Waals surface area contributed by atoms with Crippen LogP contribution in [0.25, 0.3) is 10.9 Å². The first-order valence-corrected chi connectivity index (χ1v) is 7.16. The van der Waals surface area contributed by atoms with Crippen molar-refractivity contribution < 1.29 is 0 Å². The van der Waals surface area contributed by atoms with Crippen LogP contribution in [0.1, 0.15) is 13.3 Å². The molecule has 0 aliphatic carbocycles. The van der Waals surface area contributed by atoms with Crippen LogP contribution >= 0.6 is 11.8 Å². The Kier molecular flexibility index (Phi) is 3.19. The summed E-state index contributed by atoms with van der Waals surface area (Å²) in [5.41, 5.74) is 2.11. The first-order valence-electron chi connectivity index (χ1n) is 6.17. The fraction of sp³-hybridized carbons (Fsp3) is 0.286. The van der Waals surface area contributed by atoms with Crippen molar-refractivity contribution >= 4 is 33.5 Å². The van der Waals surface area contributed by atoms with Crippen LogP contribution in [-0.4, -0.2) is 21.9 Å². The molecule has 18 heavy (non-hydrogen) atoms. The molecule has 4 heteroatoms. The van der Waals surface area contributed by atoms with Crippen LogP contribution < -0.4 is 5.32 Å². The Morgan fingerprint density at radius 1 is 1.39 bits per heavy atom. The molecule has 1 aliphatic rings. The van der Waals surface area contributed by atoms with Gasteiger partial charge in [-0.25, -0.2) is 0 Å². The maximum absolute atomic E-state index is 4.63. The number of nitrogens with one attached hydrogen (secondary N) is 1. The standard InChI is InChI=1S/C14H15N3S/c1-2-11-9-18-14(16-11)17-12-5-6-13-10(8-12)4-3-7-15-13/h3-8,11H,2,9H2,1H3,(H,16,17). The number of nitrogens with zero attached hydrogens (tertiary/aromatic N) is 2. The molecule has 1 unspecified atom stereocenters. The van der Waals surface area contributed by atoms with Crippen molar-refractivity contribution in [2.24, 2.45) is 4.99 Å². The summed E-state index contributed by atoms with van der Waals surface area (Å²) in [5.74, 6) is 1.09. The number of anilines is 1. The number of hydrogen-bond donors (Lipinski definition) is 1. The van der Waals surface area contributed by atoms with Crippen LogP contribution in [0.5, 0.6) is 0 Å². The number of fused-ring (bicyclic) bond motifs is 1. The zero-order valence-corrected chi connectivity index (χ0v) is 11.1. The van der Waals surface area contributed by atoms with Crippen LogP contribution in [0, 0.1) is 0 Å². The van der Waals surface area contributed by atoms with Gasteiger partial charge in [-0.15, -0.1) is 0 Å². The van der Waals surface area contributed by atoms with Crippen molar-refractivity contribution in [3.8, 4) is 0 Å². The SMILES string of the molecule is CCC1CSC(Nc2ccc3ncccc3c2)=N1. The lowest BCUT2D eigenvalue weighted by molar-refractivity contribution is 0.738. The van der Waals surface area contributed by atoms with E-state index in [-0.39, 0.29) is 0 Å². The largest absolute Gasteiger partial charge is 0.335 e. The van der Waals surface area contributed by atoms with Gasteiger partial charge in [-0.1, -0.05) is 24.8 Å². The first kappa shape index (κ1) is 11.5. The fourth-order valence-electron chi connectivity index (χ4n) is 1.97.